The summed E-state index contributed by atoms with van der Waals surface area (Å²) in [5.74, 6) is 0. The van der Waals surface area contributed by atoms with E-state index in [1.54, 1.807) is 12.1 Å². The van der Waals surface area contributed by atoms with Gasteiger partial charge in [-0.15, -0.1) is 0 Å². The third-order valence-electron chi connectivity index (χ3n) is 2.03. The van der Waals surface area contributed by atoms with Crippen molar-refractivity contribution in [2.24, 2.45) is 0 Å². The van der Waals surface area contributed by atoms with E-state index in [0.717, 1.165) is 10.9 Å². The zero-order valence-electron chi connectivity index (χ0n) is 7.18. The highest BCUT2D eigenvalue weighted by Crippen LogP contribution is 2.17. The zero-order chi connectivity index (χ0) is 10.1. The minimum absolute atomic E-state index is 0.0586. The lowest BCUT2D eigenvalue weighted by molar-refractivity contribution is 1.22. The van der Waals surface area contributed by atoms with Crippen molar-refractivity contribution in [1.82, 2.24) is 4.98 Å². The predicted molar refractivity (Wildman–Crippen MR) is 62.2 cm³/mol. The Hall–Kier alpha value is -0.800. The van der Waals surface area contributed by atoms with E-state index < -0.39 is 0 Å². The molecule has 0 atom stereocenters. The second-order valence-corrected chi connectivity index (χ2v) is 3.99. The number of pyridine rings is 1. The summed E-state index contributed by atoms with van der Waals surface area (Å²) < 4.78 is 0. The van der Waals surface area contributed by atoms with Gasteiger partial charge in [0.25, 0.3) is 5.56 Å². The Morgan fingerprint density at radius 3 is 2.86 bits per heavy atom. The molecule has 2 aromatic rings. The van der Waals surface area contributed by atoms with Crippen LogP contribution in [0.3, 0.4) is 0 Å². The van der Waals surface area contributed by atoms with Gasteiger partial charge in [0, 0.05) is 21.4 Å². The van der Waals surface area contributed by atoms with Gasteiger partial charge in [-0.3, -0.25) is 4.79 Å². The molecule has 0 aliphatic heterocycles. The highest BCUT2D eigenvalue weighted by Gasteiger charge is 2.01. The van der Waals surface area contributed by atoms with E-state index in [1.165, 1.54) is 0 Å². The molecule has 1 aromatic heterocycles. The normalized spacial score (nSPS) is 10.7. The van der Waals surface area contributed by atoms with Crippen LogP contribution in [0.2, 0.25) is 5.02 Å². The summed E-state index contributed by atoms with van der Waals surface area (Å²) in [4.78, 5) is 14.2. The fourth-order valence-corrected chi connectivity index (χ4v) is 1.92. The lowest BCUT2D eigenvalue weighted by Gasteiger charge is -2.00. The molecule has 2 rings (SSSR count). The first-order chi connectivity index (χ1) is 6.70. The third kappa shape index (κ3) is 1.70. The van der Waals surface area contributed by atoms with Crippen molar-refractivity contribution in [2.75, 3.05) is 0 Å². The number of fused-ring (bicyclic) bond motifs is 1. The monoisotopic (exact) mass is 271 g/mol. The van der Waals surface area contributed by atoms with E-state index in [-0.39, 0.29) is 5.56 Å². The van der Waals surface area contributed by atoms with Crippen LogP contribution in [0.25, 0.3) is 10.9 Å². The van der Waals surface area contributed by atoms with Gasteiger partial charge in [0.2, 0.25) is 0 Å². The van der Waals surface area contributed by atoms with Crippen LogP contribution in [0.15, 0.2) is 29.1 Å². The van der Waals surface area contributed by atoms with Crippen molar-refractivity contribution in [2.45, 2.75) is 5.33 Å². The van der Waals surface area contributed by atoms with E-state index in [9.17, 15) is 4.79 Å². The number of halogens is 2. The highest BCUT2D eigenvalue weighted by atomic mass is 79.9. The second-order valence-electron chi connectivity index (χ2n) is 2.99. The maximum absolute atomic E-state index is 11.4. The highest BCUT2D eigenvalue weighted by molar-refractivity contribution is 9.08. The predicted octanol–water partition coefficient (Wildman–Crippen LogP) is 3.08. The molecule has 2 nitrogen and oxygen atoms in total. The average molecular weight is 273 g/mol. The molecule has 1 aromatic carbocycles. The van der Waals surface area contributed by atoms with Crippen molar-refractivity contribution in [3.63, 3.8) is 0 Å². The van der Waals surface area contributed by atoms with Crippen LogP contribution in [-0.2, 0) is 5.33 Å². The minimum Gasteiger partial charge on any atom is -0.322 e. The smallest absolute Gasteiger partial charge is 0.252 e. The standard InChI is InChI=1S/C10H7BrClNO/c11-5-7-3-6-4-8(12)1-2-9(6)13-10(7)14/h1-4H,5H2,(H,13,14). The molecule has 0 fully saturated rings. The summed E-state index contributed by atoms with van der Waals surface area (Å²) in [7, 11) is 0. The summed E-state index contributed by atoms with van der Waals surface area (Å²) in [6.07, 6.45) is 0. The quantitative estimate of drug-likeness (QED) is 0.795. The topological polar surface area (TPSA) is 32.9 Å². The van der Waals surface area contributed by atoms with E-state index in [1.807, 2.05) is 12.1 Å². The van der Waals surface area contributed by atoms with Crippen LogP contribution >= 0.6 is 27.5 Å². The van der Waals surface area contributed by atoms with Crippen LogP contribution < -0.4 is 5.56 Å². The zero-order valence-corrected chi connectivity index (χ0v) is 9.52. The van der Waals surface area contributed by atoms with Gasteiger partial charge in [-0.2, -0.15) is 0 Å². The molecule has 1 N–H and O–H groups in total. The van der Waals surface area contributed by atoms with Crippen LogP contribution in [0.1, 0.15) is 5.56 Å². The molecular weight excluding hydrogens is 265 g/mol. The lowest BCUT2D eigenvalue weighted by Crippen LogP contribution is -2.10. The summed E-state index contributed by atoms with van der Waals surface area (Å²) in [5.41, 5.74) is 1.46. The van der Waals surface area contributed by atoms with Gasteiger partial charge in [0.15, 0.2) is 0 Å². The largest absolute Gasteiger partial charge is 0.322 e. The fourth-order valence-electron chi connectivity index (χ4n) is 1.32. The molecule has 0 amide bonds. The van der Waals surface area contributed by atoms with Crippen molar-refractivity contribution in [1.29, 1.82) is 0 Å². The molecule has 0 aliphatic carbocycles. The van der Waals surface area contributed by atoms with Gasteiger partial charge >= 0.3 is 0 Å². The van der Waals surface area contributed by atoms with Crippen molar-refractivity contribution in [3.8, 4) is 0 Å². The number of hydrogen-bond acceptors (Lipinski definition) is 1. The van der Waals surface area contributed by atoms with Crippen LogP contribution in [0.5, 0.6) is 0 Å². The van der Waals surface area contributed by atoms with Crippen molar-refractivity contribution >= 4 is 38.4 Å². The summed E-state index contributed by atoms with van der Waals surface area (Å²) >= 11 is 9.11. The maximum atomic E-state index is 11.4. The second kappa shape index (κ2) is 3.75. The van der Waals surface area contributed by atoms with E-state index in [4.69, 9.17) is 11.6 Å². The van der Waals surface area contributed by atoms with Gasteiger partial charge in [0.1, 0.15) is 0 Å². The molecule has 1 heterocycles. The number of benzene rings is 1. The molecule has 72 valence electrons. The van der Waals surface area contributed by atoms with Gasteiger partial charge < -0.3 is 4.98 Å². The Balaban J connectivity index is 2.80. The van der Waals surface area contributed by atoms with Gasteiger partial charge in [-0.1, -0.05) is 27.5 Å². The number of H-pyrrole nitrogens is 1. The average Bonchev–Trinajstić information content (AvgIpc) is 2.17. The molecule has 0 aliphatic rings. The fraction of sp³-hybridized carbons (Fsp3) is 0.100. The third-order valence-corrected chi connectivity index (χ3v) is 2.87. The first-order valence-electron chi connectivity index (χ1n) is 4.08. The molecule has 0 saturated carbocycles. The SMILES string of the molecule is O=c1[nH]c2ccc(Cl)cc2cc1CBr. The number of hydrogen-bond donors (Lipinski definition) is 1. The van der Waals surface area contributed by atoms with E-state index in [2.05, 4.69) is 20.9 Å². The Morgan fingerprint density at radius 2 is 2.14 bits per heavy atom. The first-order valence-corrected chi connectivity index (χ1v) is 5.58. The Labute approximate surface area is 94.0 Å². The molecule has 4 heteroatoms. The molecule has 0 saturated heterocycles. The summed E-state index contributed by atoms with van der Waals surface area (Å²) in [5, 5.41) is 2.17. The van der Waals surface area contributed by atoms with Crippen LogP contribution in [0.4, 0.5) is 0 Å². The molecule has 0 unspecified atom stereocenters. The lowest BCUT2D eigenvalue weighted by atomic mass is 10.2. The number of rotatable bonds is 1. The van der Waals surface area contributed by atoms with Gasteiger partial charge in [-0.25, -0.2) is 0 Å². The number of nitrogens with one attached hydrogen (secondary N) is 1. The van der Waals surface area contributed by atoms with Gasteiger partial charge in [-0.05, 0) is 29.7 Å². The van der Waals surface area contributed by atoms with Crippen LogP contribution in [0, 0.1) is 0 Å². The number of alkyl halides is 1. The minimum atomic E-state index is -0.0586. The molecular formula is C10H7BrClNO. The van der Waals surface area contributed by atoms with Gasteiger partial charge in [0.05, 0.1) is 0 Å². The Kier molecular flexibility index (Phi) is 2.61. The number of aromatic nitrogens is 1. The maximum Gasteiger partial charge on any atom is 0.252 e. The van der Waals surface area contributed by atoms with E-state index in [0.29, 0.717) is 15.9 Å². The molecule has 14 heavy (non-hydrogen) atoms. The summed E-state index contributed by atoms with van der Waals surface area (Å²) in [6.45, 7) is 0. The number of aromatic amines is 1. The Bertz CT molecular complexity index is 535. The van der Waals surface area contributed by atoms with E-state index >= 15 is 0 Å². The first kappa shape index (κ1) is 9.74. The van der Waals surface area contributed by atoms with Crippen molar-refractivity contribution in [3.05, 3.63) is 45.2 Å². The molecule has 0 bridgehead atoms. The van der Waals surface area contributed by atoms with Crippen LogP contribution in [-0.4, -0.2) is 4.98 Å². The van der Waals surface area contributed by atoms with Crippen molar-refractivity contribution < 1.29 is 0 Å². The molecule has 0 radical (unpaired) electrons. The Morgan fingerprint density at radius 1 is 1.36 bits per heavy atom. The molecule has 0 spiro atoms. The summed E-state index contributed by atoms with van der Waals surface area (Å²) in [6, 6.07) is 7.23.